The van der Waals surface area contributed by atoms with Gasteiger partial charge in [-0.25, -0.2) is 0 Å². The Balaban J connectivity index is 1.54. The number of thioether (sulfide) groups is 1. The number of amides is 1. The molecule has 2 aromatic heterocycles. The van der Waals surface area contributed by atoms with Crippen LogP contribution in [0.4, 0.5) is 5.13 Å². The first-order chi connectivity index (χ1) is 12.0. The molecule has 134 valence electrons. The van der Waals surface area contributed by atoms with Gasteiger partial charge >= 0.3 is 5.97 Å². The van der Waals surface area contributed by atoms with E-state index in [0.29, 0.717) is 23.3 Å². The van der Waals surface area contributed by atoms with Gasteiger partial charge in [-0.1, -0.05) is 30.0 Å². The van der Waals surface area contributed by atoms with E-state index in [0.717, 1.165) is 28.6 Å². The van der Waals surface area contributed by atoms with Gasteiger partial charge in [0, 0.05) is 24.9 Å². The third kappa shape index (κ3) is 5.00. The predicted molar refractivity (Wildman–Crippen MR) is 99.5 cm³/mol. The average molecular weight is 399 g/mol. The number of nitrogens with zero attached hydrogens (tertiary/aromatic N) is 3. The molecule has 1 aliphatic rings. The number of carbonyl (C=O) groups excluding carboxylic acids is 2. The van der Waals surface area contributed by atoms with Crippen molar-refractivity contribution < 1.29 is 14.3 Å². The summed E-state index contributed by atoms with van der Waals surface area (Å²) in [5.74, 6) is 0.518. The van der Waals surface area contributed by atoms with Crippen LogP contribution in [0, 0.1) is 0 Å². The molecule has 1 N–H and O–H groups in total. The van der Waals surface area contributed by atoms with E-state index in [1.165, 1.54) is 34.5 Å². The quantitative estimate of drug-likeness (QED) is 0.455. The highest BCUT2D eigenvalue weighted by molar-refractivity contribution is 8.01. The number of ether oxygens (including phenoxy) is 1. The molecule has 3 rings (SSSR count). The Kier molecular flexibility index (Phi) is 6.05. The molecule has 7 nitrogen and oxygen atoms in total. The lowest BCUT2D eigenvalue weighted by Crippen LogP contribution is -2.36. The molecule has 0 atom stereocenters. The Morgan fingerprint density at radius 1 is 1.40 bits per heavy atom. The van der Waals surface area contributed by atoms with Gasteiger partial charge in [-0.15, -0.1) is 21.5 Å². The molecule has 1 aliphatic heterocycles. The van der Waals surface area contributed by atoms with Gasteiger partial charge in [0.15, 0.2) is 9.40 Å². The lowest BCUT2D eigenvalue weighted by Gasteiger charge is -2.25. The zero-order chi connectivity index (χ0) is 17.8. The van der Waals surface area contributed by atoms with E-state index < -0.39 is 0 Å². The largest absolute Gasteiger partial charge is 0.416 e. The number of hydrogen-bond donors (Lipinski definition) is 1. The second-order valence-corrected chi connectivity index (χ2v) is 9.01. The molecular formula is C15H18N4O3S3. The summed E-state index contributed by atoms with van der Waals surface area (Å²) in [7, 11) is 0. The van der Waals surface area contributed by atoms with Crippen molar-refractivity contribution in [2.45, 2.75) is 31.2 Å². The van der Waals surface area contributed by atoms with Crippen molar-refractivity contribution in [1.29, 1.82) is 0 Å². The number of hydrogen-bond acceptors (Lipinski definition) is 9. The Morgan fingerprint density at radius 3 is 3.00 bits per heavy atom. The SMILES string of the molecule is CCSc1nnc(NC(=O)CN2CCc3sc(OC(C)=O)cc3C2)s1. The summed E-state index contributed by atoms with van der Waals surface area (Å²) in [5, 5.41) is 12.0. The highest BCUT2D eigenvalue weighted by Gasteiger charge is 2.22. The summed E-state index contributed by atoms with van der Waals surface area (Å²) in [6, 6.07) is 1.89. The molecule has 2 aromatic rings. The molecule has 0 saturated heterocycles. The van der Waals surface area contributed by atoms with E-state index in [1.807, 2.05) is 13.0 Å². The molecule has 3 heterocycles. The van der Waals surface area contributed by atoms with Crippen LogP contribution in [-0.2, 0) is 22.6 Å². The van der Waals surface area contributed by atoms with Gasteiger partial charge in [-0.3, -0.25) is 19.8 Å². The first-order valence-electron chi connectivity index (χ1n) is 7.82. The number of anilines is 1. The van der Waals surface area contributed by atoms with Crippen LogP contribution in [0.15, 0.2) is 10.4 Å². The molecule has 0 spiro atoms. The van der Waals surface area contributed by atoms with Crippen LogP contribution in [0.5, 0.6) is 5.06 Å². The molecule has 25 heavy (non-hydrogen) atoms. The average Bonchev–Trinajstić information content (AvgIpc) is 3.12. The van der Waals surface area contributed by atoms with E-state index in [9.17, 15) is 9.59 Å². The smallest absolute Gasteiger partial charge is 0.308 e. The lowest BCUT2D eigenvalue weighted by atomic mass is 10.1. The molecule has 10 heteroatoms. The summed E-state index contributed by atoms with van der Waals surface area (Å²) >= 11 is 4.50. The van der Waals surface area contributed by atoms with Gasteiger partial charge in [0.05, 0.1) is 6.54 Å². The summed E-state index contributed by atoms with van der Waals surface area (Å²) in [6.07, 6.45) is 0.852. The van der Waals surface area contributed by atoms with Gasteiger partial charge in [0.25, 0.3) is 0 Å². The van der Waals surface area contributed by atoms with Crippen molar-refractivity contribution in [3.05, 3.63) is 16.5 Å². The maximum Gasteiger partial charge on any atom is 0.308 e. The fraction of sp³-hybridized carbons (Fsp3) is 0.467. The van der Waals surface area contributed by atoms with E-state index in [-0.39, 0.29) is 11.9 Å². The first kappa shape index (κ1) is 18.3. The molecule has 0 radical (unpaired) electrons. The molecule has 0 saturated carbocycles. The molecule has 0 bridgehead atoms. The summed E-state index contributed by atoms with van der Waals surface area (Å²) in [4.78, 5) is 26.6. The highest BCUT2D eigenvalue weighted by Crippen LogP contribution is 2.33. The third-order valence-corrected chi connectivity index (χ3v) is 6.42. The number of thiophene rings is 1. The summed E-state index contributed by atoms with van der Waals surface area (Å²) in [6.45, 7) is 5.22. The van der Waals surface area contributed by atoms with Gasteiger partial charge in [-0.2, -0.15) is 0 Å². The van der Waals surface area contributed by atoms with Crippen molar-refractivity contribution >= 4 is 51.4 Å². The predicted octanol–water partition coefficient (Wildman–Crippen LogP) is 2.63. The van der Waals surface area contributed by atoms with Crippen LogP contribution in [0.3, 0.4) is 0 Å². The normalized spacial score (nSPS) is 14.2. The summed E-state index contributed by atoms with van der Waals surface area (Å²) in [5.41, 5.74) is 1.12. The fourth-order valence-corrected chi connectivity index (χ4v) is 5.21. The minimum Gasteiger partial charge on any atom is -0.416 e. The topological polar surface area (TPSA) is 84.4 Å². The van der Waals surface area contributed by atoms with E-state index >= 15 is 0 Å². The fourth-order valence-electron chi connectivity index (χ4n) is 2.50. The Bertz CT molecular complexity index is 774. The number of esters is 1. The minimum atomic E-state index is -0.313. The number of rotatable bonds is 6. The number of fused-ring (bicyclic) bond motifs is 1. The van der Waals surface area contributed by atoms with Gasteiger partial charge in [-0.05, 0) is 23.8 Å². The lowest BCUT2D eigenvalue weighted by molar-refractivity contribution is -0.131. The number of aromatic nitrogens is 2. The third-order valence-electron chi connectivity index (χ3n) is 3.46. The van der Waals surface area contributed by atoms with Gasteiger partial charge < -0.3 is 4.74 Å². The van der Waals surface area contributed by atoms with Crippen LogP contribution in [-0.4, -0.2) is 45.8 Å². The maximum absolute atomic E-state index is 12.2. The standard InChI is InChI=1S/C15H18N4O3S3/c1-3-23-15-18-17-14(25-15)16-12(21)8-19-5-4-11-10(7-19)6-13(24-11)22-9(2)20/h6H,3-5,7-8H2,1-2H3,(H,16,17,21). The molecule has 0 aromatic carbocycles. The molecule has 0 aliphatic carbocycles. The summed E-state index contributed by atoms with van der Waals surface area (Å²) < 4.78 is 6.01. The monoisotopic (exact) mass is 398 g/mol. The van der Waals surface area contributed by atoms with E-state index in [4.69, 9.17) is 4.74 Å². The van der Waals surface area contributed by atoms with E-state index in [2.05, 4.69) is 20.4 Å². The highest BCUT2D eigenvalue weighted by atomic mass is 32.2. The van der Waals surface area contributed by atoms with Gasteiger partial charge in [0.1, 0.15) is 0 Å². The Morgan fingerprint density at radius 2 is 2.24 bits per heavy atom. The number of carbonyl (C=O) groups is 2. The molecule has 0 unspecified atom stereocenters. The van der Waals surface area contributed by atoms with E-state index in [1.54, 1.807) is 11.8 Å². The Labute approximate surface area is 157 Å². The minimum absolute atomic E-state index is 0.0944. The second-order valence-electron chi connectivity index (χ2n) is 5.42. The van der Waals surface area contributed by atoms with Crippen LogP contribution >= 0.6 is 34.4 Å². The molecular weight excluding hydrogens is 380 g/mol. The van der Waals surface area contributed by atoms with Crippen LogP contribution in [0.25, 0.3) is 0 Å². The van der Waals surface area contributed by atoms with Crippen molar-refractivity contribution in [3.63, 3.8) is 0 Å². The zero-order valence-corrected chi connectivity index (χ0v) is 16.4. The second kappa shape index (κ2) is 8.26. The molecule has 1 amide bonds. The number of nitrogens with one attached hydrogen (secondary N) is 1. The van der Waals surface area contributed by atoms with Crippen molar-refractivity contribution in [3.8, 4) is 5.06 Å². The first-order valence-corrected chi connectivity index (χ1v) is 10.4. The Hall–Kier alpha value is -1.49. The van der Waals surface area contributed by atoms with Crippen LogP contribution in [0.1, 0.15) is 24.3 Å². The molecule has 0 fully saturated rings. The zero-order valence-electron chi connectivity index (χ0n) is 13.9. The van der Waals surface area contributed by atoms with Crippen molar-refractivity contribution in [2.75, 3.05) is 24.2 Å². The van der Waals surface area contributed by atoms with Crippen LogP contribution < -0.4 is 10.1 Å². The maximum atomic E-state index is 12.2. The van der Waals surface area contributed by atoms with Crippen LogP contribution in [0.2, 0.25) is 0 Å². The van der Waals surface area contributed by atoms with Crippen molar-refractivity contribution in [1.82, 2.24) is 15.1 Å². The van der Waals surface area contributed by atoms with Crippen molar-refractivity contribution in [2.24, 2.45) is 0 Å². The van der Waals surface area contributed by atoms with Gasteiger partial charge in [0.2, 0.25) is 11.0 Å².